The number of rotatable bonds is 2. The largest absolute Gasteiger partial charge is 0.481 e. The second-order valence-corrected chi connectivity index (χ2v) is 4.40. The van der Waals surface area contributed by atoms with Gasteiger partial charge in [0.15, 0.2) is 5.82 Å². The Hall–Kier alpha value is -0.980. The lowest BCUT2D eigenvalue weighted by atomic mass is 10.4. The number of methoxy groups -OCH3 is 1. The zero-order valence-corrected chi connectivity index (χ0v) is 11.6. The molecule has 2 aromatic rings. The van der Waals surface area contributed by atoms with Gasteiger partial charge in [0.2, 0.25) is 5.88 Å². The summed E-state index contributed by atoms with van der Waals surface area (Å²) in [5.74, 6) is 0.720. The smallest absolute Gasteiger partial charge is 0.216 e. The fourth-order valence-corrected chi connectivity index (χ4v) is 1.65. The van der Waals surface area contributed by atoms with E-state index >= 15 is 0 Å². The fourth-order valence-electron chi connectivity index (χ4n) is 1.08. The van der Waals surface area contributed by atoms with E-state index in [0.717, 1.165) is 0 Å². The average molecular weight is 336 g/mol. The van der Waals surface area contributed by atoms with Gasteiger partial charge in [-0.2, -0.15) is 0 Å². The van der Waals surface area contributed by atoms with Crippen molar-refractivity contribution in [2.75, 3.05) is 7.11 Å². The zero-order valence-electron chi connectivity index (χ0n) is 8.49. The highest BCUT2D eigenvalue weighted by molar-refractivity contribution is 9.10. The molecular formula is C9H5BrCl2N4O. The molecule has 0 amide bonds. The minimum atomic E-state index is 0.220. The van der Waals surface area contributed by atoms with Crippen molar-refractivity contribution in [2.24, 2.45) is 0 Å². The molecule has 0 radical (unpaired) electrons. The molecule has 0 bridgehead atoms. The Labute approximate surface area is 115 Å². The summed E-state index contributed by atoms with van der Waals surface area (Å²) in [5, 5.41) is 0.440. The van der Waals surface area contributed by atoms with Crippen LogP contribution in [-0.4, -0.2) is 27.0 Å². The maximum atomic E-state index is 5.89. The Morgan fingerprint density at radius 3 is 2.41 bits per heavy atom. The first-order valence-corrected chi connectivity index (χ1v) is 5.91. The highest BCUT2D eigenvalue weighted by Gasteiger charge is 2.12. The van der Waals surface area contributed by atoms with Gasteiger partial charge in [0.1, 0.15) is 22.3 Å². The van der Waals surface area contributed by atoms with Crippen LogP contribution < -0.4 is 4.74 Å². The summed E-state index contributed by atoms with van der Waals surface area (Å²) in [6.07, 6.45) is 1.35. The summed E-state index contributed by atoms with van der Waals surface area (Å²) in [7, 11) is 1.51. The van der Waals surface area contributed by atoms with Crippen molar-refractivity contribution in [3.05, 3.63) is 27.2 Å². The van der Waals surface area contributed by atoms with Crippen LogP contribution in [0.25, 0.3) is 11.5 Å². The normalized spacial score (nSPS) is 10.4. The van der Waals surface area contributed by atoms with E-state index in [0.29, 0.717) is 21.9 Å². The molecule has 0 saturated carbocycles. The summed E-state index contributed by atoms with van der Waals surface area (Å²) < 4.78 is 5.43. The van der Waals surface area contributed by atoms with Crippen molar-refractivity contribution >= 4 is 39.1 Å². The summed E-state index contributed by atoms with van der Waals surface area (Å²) >= 11 is 14.9. The Balaban J connectivity index is 2.52. The first-order valence-electron chi connectivity index (χ1n) is 4.36. The van der Waals surface area contributed by atoms with Gasteiger partial charge < -0.3 is 4.74 Å². The minimum absolute atomic E-state index is 0.220. The van der Waals surface area contributed by atoms with Gasteiger partial charge in [-0.15, -0.1) is 0 Å². The lowest BCUT2D eigenvalue weighted by Crippen LogP contribution is -1.96. The van der Waals surface area contributed by atoms with Gasteiger partial charge >= 0.3 is 0 Å². The topological polar surface area (TPSA) is 60.8 Å². The Kier molecular flexibility index (Phi) is 3.76. The van der Waals surface area contributed by atoms with Crippen LogP contribution in [0.5, 0.6) is 5.88 Å². The molecule has 88 valence electrons. The third-order valence-corrected chi connectivity index (χ3v) is 3.61. The van der Waals surface area contributed by atoms with E-state index in [-0.39, 0.29) is 10.3 Å². The average Bonchev–Trinajstić information content (AvgIpc) is 2.35. The molecular weight excluding hydrogens is 331 g/mol. The van der Waals surface area contributed by atoms with Crippen molar-refractivity contribution in [3.8, 4) is 17.4 Å². The quantitative estimate of drug-likeness (QED) is 0.789. The molecule has 17 heavy (non-hydrogen) atoms. The number of ether oxygens (including phenoxy) is 1. The number of hydrogen-bond donors (Lipinski definition) is 0. The van der Waals surface area contributed by atoms with Crippen LogP contribution in [-0.2, 0) is 0 Å². The van der Waals surface area contributed by atoms with Crippen LogP contribution in [0.2, 0.25) is 10.3 Å². The monoisotopic (exact) mass is 334 g/mol. The third-order valence-electron chi connectivity index (χ3n) is 1.85. The minimum Gasteiger partial charge on any atom is -0.481 e. The molecule has 0 spiro atoms. The summed E-state index contributed by atoms with van der Waals surface area (Å²) in [4.78, 5) is 16.0. The molecule has 2 aromatic heterocycles. The van der Waals surface area contributed by atoms with Crippen LogP contribution in [0.15, 0.2) is 16.9 Å². The molecule has 0 aromatic carbocycles. The predicted molar refractivity (Wildman–Crippen MR) is 67.3 cm³/mol. The highest BCUT2D eigenvalue weighted by atomic mass is 79.9. The van der Waals surface area contributed by atoms with Gasteiger partial charge in [0.25, 0.3) is 0 Å². The van der Waals surface area contributed by atoms with Gasteiger partial charge in [-0.1, -0.05) is 23.2 Å². The lowest BCUT2D eigenvalue weighted by molar-refractivity contribution is 0.397. The van der Waals surface area contributed by atoms with Crippen molar-refractivity contribution in [3.63, 3.8) is 0 Å². The molecule has 0 aliphatic rings. The van der Waals surface area contributed by atoms with E-state index < -0.39 is 0 Å². The van der Waals surface area contributed by atoms with Crippen LogP contribution in [0.3, 0.4) is 0 Å². The molecule has 0 N–H and O–H groups in total. The van der Waals surface area contributed by atoms with Crippen molar-refractivity contribution in [1.29, 1.82) is 0 Å². The van der Waals surface area contributed by atoms with Crippen molar-refractivity contribution < 1.29 is 4.74 Å². The molecule has 0 aliphatic heterocycles. The Morgan fingerprint density at radius 2 is 1.82 bits per heavy atom. The molecule has 8 heteroatoms. The number of halogens is 3. The molecule has 0 fully saturated rings. The Bertz CT molecular complexity index is 543. The van der Waals surface area contributed by atoms with E-state index in [1.165, 1.54) is 13.4 Å². The molecule has 5 nitrogen and oxygen atoms in total. The van der Waals surface area contributed by atoms with Crippen LogP contribution in [0, 0.1) is 0 Å². The molecule has 2 heterocycles. The van der Waals surface area contributed by atoms with E-state index in [4.69, 9.17) is 27.9 Å². The molecule has 0 aliphatic carbocycles. The molecule has 2 rings (SSSR count). The number of nitrogens with zero attached hydrogens (tertiary/aromatic N) is 4. The first kappa shape index (κ1) is 12.5. The summed E-state index contributed by atoms with van der Waals surface area (Å²) in [6, 6.07) is 1.59. The molecule has 0 atom stereocenters. The highest BCUT2D eigenvalue weighted by Crippen LogP contribution is 2.29. The molecule has 0 unspecified atom stereocenters. The second kappa shape index (κ2) is 5.12. The van der Waals surface area contributed by atoms with Crippen LogP contribution >= 0.6 is 39.1 Å². The van der Waals surface area contributed by atoms with E-state index in [1.54, 1.807) is 6.07 Å². The van der Waals surface area contributed by atoms with E-state index in [1.807, 2.05) is 0 Å². The standard InChI is InChI=1S/C9H5BrCl2N4O/c1-17-5-2-4(13-3-14-5)9-15-7(11)6(10)8(12)16-9/h2-3H,1H3. The second-order valence-electron chi connectivity index (χ2n) is 2.89. The van der Waals surface area contributed by atoms with Gasteiger partial charge in [0.05, 0.1) is 11.6 Å². The summed E-state index contributed by atoms with van der Waals surface area (Å²) in [6.45, 7) is 0. The third kappa shape index (κ3) is 2.65. The van der Waals surface area contributed by atoms with Gasteiger partial charge in [0, 0.05) is 6.07 Å². The SMILES string of the molecule is COc1cc(-c2nc(Cl)c(Br)c(Cl)n2)ncn1. The maximum Gasteiger partial charge on any atom is 0.216 e. The predicted octanol–water partition coefficient (Wildman–Crippen LogP) is 3.01. The fraction of sp³-hybridized carbons (Fsp3) is 0.111. The van der Waals surface area contributed by atoms with Gasteiger partial charge in [-0.25, -0.2) is 19.9 Å². The van der Waals surface area contributed by atoms with Gasteiger partial charge in [-0.3, -0.25) is 0 Å². The maximum absolute atomic E-state index is 5.89. The van der Waals surface area contributed by atoms with Crippen molar-refractivity contribution in [2.45, 2.75) is 0 Å². The first-order chi connectivity index (χ1) is 8.11. The Morgan fingerprint density at radius 1 is 1.18 bits per heavy atom. The number of hydrogen-bond acceptors (Lipinski definition) is 5. The molecule has 0 saturated heterocycles. The van der Waals surface area contributed by atoms with Crippen molar-refractivity contribution in [1.82, 2.24) is 19.9 Å². The van der Waals surface area contributed by atoms with E-state index in [9.17, 15) is 0 Å². The van der Waals surface area contributed by atoms with E-state index in [2.05, 4.69) is 35.9 Å². The lowest BCUT2D eigenvalue weighted by Gasteiger charge is -2.04. The zero-order chi connectivity index (χ0) is 12.4. The van der Waals surface area contributed by atoms with Crippen LogP contribution in [0.1, 0.15) is 0 Å². The summed E-state index contributed by atoms with van der Waals surface area (Å²) in [5.41, 5.74) is 0.480. The van der Waals surface area contributed by atoms with Crippen LogP contribution in [0.4, 0.5) is 0 Å². The van der Waals surface area contributed by atoms with Gasteiger partial charge in [-0.05, 0) is 15.9 Å². The number of aromatic nitrogens is 4.